The molecule has 4 aromatic rings. The van der Waals surface area contributed by atoms with Gasteiger partial charge in [0.15, 0.2) is 17.2 Å². The normalized spacial score (nSPS) is 12.1. The zero-order valence-electron chi connectivity index (χ0n) is 15.7. The summed E-state index contributed by atoms with van der Waals surface area (Å²) in [6.07, 6.45) is 1.78. The third kappa shape index (κ3) is 3.38. The Labute approximate surface area is 164 Å². The van der Waals surface area contributed by atoms with Crippen molar-refractivity contribution in [2.75, 3.05) is 0 Å². The molecule has 0 saturated carbocycles. The van der Waals surface area contributed by atoms with Crippen molar-refractivity contribution in [2.24, 2.45) is 0 Å². The van der Waals surface area contributed by atoms with Gasteiger partial charge in [-0.1, -0.05) is 18.2 Å². The molecular formula is C20H17FN6O2. The number of amides is 1. The van der Waals surface area contributed by atoms with Gasteiger partial charge in [-0.3, -0.25) is 14.0 Å². The first-order valence-corrected chi connectivity index (χ1v) is 8.92. The molecule has 3 heterocycles. The number of carbonyl (C=O) groups excluding carboxylic acids is 1. The van der Waals surface area contributed by atoms with Crippen LogP contribution < -0.4 is 10.7 Å². The van der Waals surface area contributed by atoms with Gasteiger partial charge >= 0.3 is 0 Å². The number of carbonyl (C=O) groups is 1. The van der Waals surface area contributed by atoms with Crippen molar-refractivity contribution >= 4 is 11.6 Å². The molecule has 0 saturated heterocycles. The summed E-state index contributed by atoms with van der Waals surface area (Å²) in [6, 6.07) is 12.2. The second-order valence-electron chi connectivity index (χ2n) is 6.54. The van der Waals surface area contributed by atoms with Crippen molar-refractivity contribution in [3.63, 3.8) is 0 Å². The number of pyridine rings is 1. The molecule has 4 rings (SSSR count). The van der Waals surface area contributed by atoms with Gasteiger partial charge in [-0.15, -0.1) is 10.2 Å². The largest absolute Gasteiger partial charge is 0.341 e. The Hall–Kier alpha value is -3.88. The number of hydrogen-bond acceptors (Lipinski definition) is 5. The summed E-state index contributed by atoms with van der Waals surface area (Å²) in [4.78, 5) is 25.1. The number of hydrogen-bond donors (Lipinski definition) is 1. The molecule has 0 fully saturated rings. The van der Waals surface area contributed by atoms with Gasteiger partial charge in [-0.05, 0) is 38.1 Å². The molecule has 29 heavy (non-hydrogen) atoms. The van der Waals surface area contributed by atoms with Gasteiger partial charge in [0.05, 0.1) is 6.04 Å². The third-order valence-corrected chi connectivity index (χ3v) is 4.48. The first kappa shape index (κ1) is 18.5. The molecule has 3 aromatic heterocycles. The second kappa shape index (κ2) is 7.27. The quantitative estimate of drug-likeness (QED) is 0.575. The van der Waals surface area contributed by atoms with Crippen LogP contribution in [0.5, 0.6) is 0 Å². The van der Waals surface area contributed by atoms with Crippen molar-refractivity contribution < 1.29 is 9.18 Å². The van der Waals surface area contributed by atoms with E-state index in [-0.39, 0.29) is 11.4 Å². The minimum absolute atomic E-state index is 0.149. The molecule has 0 aliphatic rings. The number of halogens is 1. The first-order chi connectivity index (χ1) is 14.0. The fourth-order valence-electron chi connectivity index (χ4n) is 3.06. The van der Waals surface area contributed by atoms with Crippen LogP contribution in [-0.2, 0) is 0 Å². The summed E-state index contributed by atoms with van der Waals surface area (Å²) < 4.78 is 17.2. The highest BCUT2D eigenvalue weighted by Gasteiger charge is 2.21. The Bertz CT molecular complexity index is 1280. The van der Waals surface area contributed by atoms with Gasteiger partial charge in [-0.2, -0.15) is 5.10 Å². The predicted molar refractivity (Wildman–Crippen MR) is 103 cm³/mol. The van der Waals surface area contributed by atoms with Crippen molar-refractivity contribution in [1.82, 2.24) is 29.7 Å². The standard InChI is InChI=1S/C20H17FN6O2/c1-12-11-16(28)18(25-27(12)15-8-4-3-7-14(15)21)20(29)22-13(2)19-24-23-17-9-5-6-10-26(17)19/h3-11,13H,1-2H3,(H,22,29). The van der Waals surface area contributed by atoms with E-state index in [0.29, 0.717) is 17.2 Å². The van der Waals surface area contributed by atoms with Crippen LogP contribution in [0.2, 0.25) is 0 Å². The van der Waals surface area contributed by atoms with Crippen molar-refractivity contribution in [3.8, 4) is 5.69 Å². The lowest BCUT2D eigenvalue weighted by Gasteiger charge is -2.14. The number of nitrogens with one attached hydrogen (secondary N) is 1. The average molecular weight is 392 g/mol. The molecule has 0 aliphatic carbocycles. The highest BCUT2D eigenvalue weighted by Crippen LogP contribution is 2.14. The molecule has 9 heteroatoms. The molecule has 146 valence electrons. The Kier molecular flexibility index (Phi) is 4.63. The number of nitrogens with zero attached hydrogens (tertiary/aromatic N) is 5. The average Bonchev–Trinajstić information content (AvgIpc) is 3.13. The van der Waals surface area contributed by atoms with Crippen LogP contribution in [0.4, 0.5) is 4.39 Å². The lowest BCUT2D eigenvalue weighted by atomic mass is 10.2. The van der Waals surface area contributed by atoms with E-state index in [9.17, 15) is 14.0 Å². The minimum Gasteiger partial charge on any atom is -0.341 e. The summed E-state index contributed by atoms with van der Waals surface area (Å²) >= 11 is 0. The van der Waals surface area contributed by atoms with E-state index in [1.165, 1.54) is 22.9 Å². The summed E-state index contributed by atoms with van der Waals surface area (Å²) in [5.41, 5.74) is 0.313. The van der Waals surface area contributed by atoms with Gasteiger partial charge in [0.2, 0.25) is 5.43 Å². The van der Waals surface area contributed by atoms with Crippen LogP contribution in [0.15, 0.2) is 59.5 Å². The topological polar surface area (TPSA) is 94.2 Å². The van der Waals surface area contributed by atoms with Crippen LogP contribution >= 0.6 is 0 Å². The summed E-state index contributed by atoms with van der Waals surface area (Å²) in [7, 11) is 0. The van der Waals surface area contributed by atoms with Gasteiger partial charge in [-0.25, -0.2) is 9.07 Å². The fourth-order valence-corrected chi connectivity index (χ4v) is 3.06. The molecule has 1 unspecified atom stereocenters. The zero-order valence-corrected chi connectivity index (χ0v) is 15.7. The van der Waals surface area contributed by atoms with Gasteiger partial charge in [0.1, 0.15) is 11.5 Å². The molecule has 8 nitrogen and oxygen atoms in total. The van der Waals surface area contributed by atoms with Crippen LogP contribution in [0, 0.1) is 12.7 Å². The SMILES string of the molecule is Cc1cc(=O)c(C(=O)NC(C)c2nnc3ccccn23)nn1-c1ccccc1F. The molecule has 1 aromatic carbocycles. The maximum atomic E-state index is 14.2. The second-order valence-corrected chi connectivity index (χ2v) is 6.54. The molecule has 1 N–H and O–H groups in total. The van der Waals surface area contributed by atoms with Crippen molar-refractivity contribution in [3.05, 3.63) is 88.0 Å². The van der Waals surface area contributed by atoms with Crippen LogP contribution in [-0.4, -0.2) is 30.3 Å². The predicted octanol–water partition coefficient (Wildman–Crippen LogP) is 2.21. The molecular weight excluding hydrogens is 375 g/mol. The van der Waals surface area contributed by atoms with E-state index in [1.54, 1.807) is 42.6 Å². The zero-order chi connectivity index (χ0) is 20.5. The van der Waals surface area contributed by atoms with E-state index in [2.05, 4.69) is 20.6 Å². The highest BCUT2D eigenvalue weighted by atomic mass is 19.1. The number of aryl methyl sites for hydroxylation is 1. The maximum Gasteiger partial charge on any atom is 0.276 e. The molecule has 0 aliphatic heterocycles. The Morgan fingerprint density at radius 3 is 2.69 bits per heavy atom. The van der Waals surface area contributed by atoms with Crippen LogP contribution in [0.25, 0.3) is 11.3 Å². The number of para-hydroxylation sites is 1. The third-order valence-electron chi connectivity index (χ3n) is 4.48. The maximum absolute atomic E-state index is 14.2. The van der Waals surface area contributed by atoms with Crippen LogP contribution in [0.3, 0.4) is 0 Å². The highest BCUT2D eigenvalue weighted by molar-refractivity contribution is 5.92. The molecule has 1 atom stereocenters. The Morgan fingerprint density at radius 1 is 1.14 bits per heavy atom. The molecule has 1 amide bonds. The van der Waals surface area contributed by atoms with Gasteiger partial charge < -0.3 is 5.32 Å². The number of rotatable bonds is 4. The lowest BCUT2D eigenvalue weighted by molar-refractivity contribution is 0.0930. The van der Waals surface area contributed by atoms with E-state index < -0.39 is 23.2 Å². The lowest BCUT2D eigenvalue weighted by Crippen LogP contribution is -2.34. The smallest absolute Gasteiger partial charge is 0.276 e. The molecule has 0 bridgehead atoms. The summed E-state index contributed by atoms with van der Waals surface area (Å²) in [5, 5.41) is 15.0. The first-order valence-electron chi connectivity index (χ1n) is 8.92. The van der Waals surface area contributed by atoms with Crippen molar-refractivity contribution in [2.45, 2.75) is 19.9 Å². The van der Waals surface area contributed by atoms with E-state index in [4.69, 9.17) is 0 Å². The van der Waals surface area contributed by atoms with Gasteiger partial charge in [0.25, 0.3) is 5.91 Å². The fraction of sp³-hybridized carbons (Fsp3) is 0.150. The monoisotopic (exact) mass is 392 g/mol. The number of aromatic nitrogens is 5. The number of fused-ring (bicyclic) bond motifs is 1. The minimum atomic E-state index is -0.680. The Balaban J connectivity index is 1.68. The van der Waals surface area contributed by atoms with E-state index >= 15 is 0 Å². The van der Waals surface area contributed by atoms with E-state index in [0.717, 1.165) is 0 Å². The van der Waals surface area contributed by atoms with Crippen molar-refractivity contribution in [1.29, 1.82) is 0 Å². The molecule has 0 radical (unpaired) electrons. The Morgan fingerprint density at radius 2 is 1.90 bits per heavy atom. The van der Waals surface area contributed by atoms with Crippen LogP contribution in [0.1, 0.15) is 35.0 Å². The number of benzene rings is 1. The molecule has 0 spiro atoms. The summed E-state index contributed by atoms with van der Waals surface area (Å²) in [6.45, 7) is 3.35. The summed E-state index contributed by atoms with van der Waals surface area (Å²) in [5.74, 6) is -0.683. The van der Waals surface area contributed by atoms with E-state index in [1.807, 2.05) is 12.1 Å². The van der Waals surface area contributed by atoms with Gasteiger partial charge in [0, 0.05) is 18.0 Å².